The van der Waals surface area contributed by atoms with E-state index in [-0.39, 0.29) is 0 Å². The van der Waals surface area contributed by atoms with Gasteiger partial charge in [0, 0.05) is 19.1 Å². The van der Waals surface area contributed by atoms with Crippen LogP contribution in [0.5, 0.6) is 0 Å². The first kappa shape index (κ1) is 14.8. The first-order chi connectivity index (χ1) is 9.75. The maximum absolute atomic E-state index is 3.67. The highest BCUT2D eigenvalue weighted by molar-refractivity contribution is 5.23. The second-order valence-electron chi connectivity index (χ2n) is 5.41. The van der Waals surface area contributed by atoms with Crippen molar-refractivity contribution in [1.29, 1.82) is 0 Å². The molecule has 0 saturated heterocycles. The molecule has 1 atom stereocenters. The van der Waals surface area contributed by atoms with Gasteiger partial charge in [0.1, 0.15) is 0 Å². The molecule has 2 heteroatoms. The molecule has 0 fully saturated rings. The van der Waals surface area contributed by atoms with E-state index in [2.05, 4.69) is 85.0 Å². The zero-order valence-corrected chi connectivity index (χ0v) is 12.4. The van der Waals surface area contributed by atoms with Crippen LogP contribution >= 0.6 is 0 Å². The van der Waals surface area contributed by atoms with Crippen molar-refractivity contribution in [1.82, 2.24) is 10.2 Å². The van der Waals surface area contributed by atoms with E-state index in [1.807, 2.05) is 0 Å². The molecule has 1 unspecified atom stereocenters. The van der Waals surface area contributed by atoms with E-state index in [9.17, 15) is 0 Å². The number of benzene rings is 2. The molecule has 0 aliphatic carbocycles. The second-order valence-corrected chi connectivity index (χ2v) is 5.41. The normalized spacial score (nSPS) is 12.6. The van der Waals surface area contributed by atoms with Crippen LogP contribution in [0, 0.1) is 0 Å². The molecule has 0 aliphatic rings. The Morgan fingerprint density at radius 2 is 1.50 bits per heavy atom. The summed E-state index contributed by atoms with van der Waals surface area (Å²) < 4.78 is 0. The van der Waals surface area contributed by atoms with Crippen molar-refractivity contribution in [3.05, 3.63) is 71.8 Å². The van der Waals surface area contributed by atoms with Gasteiger partial charge < -0.3 is 10.2 Å². The first-order valence-electron chi connectivity index (χ1n) is 7.22. The fraction of sp³-hybridized carbons (Fsp3) is 0.333. The second kappa shape index (κ2) is 7.83. The topological polar surface area (TPSA) is 15.3 Å². The minimum atomic E-state index is 0.374. The lowest BCUT2D eigenvalue weighted by atomic mass is 9.99. The molecule has 2 rings (SSSR count). The summed E-state index contributed by atoms with van der Waals surface area (Å²) in [6, 6.07) is 21.8. The summed E-state index contributed by atoms with van der Waals surface area (Å²) in [6.45, 7) is 2.05. The van der Waals surface area contributed by atoms with Crippen LogP contribution in [-0.4, -0.2) is 32.1 Å². The van der Waals surface area contributed by atoms with Crippen molar-refractivity contribution >= 4 is 0 Å². The van der Waals surface area contributed by atoms with Gasteiger partial charge in [0.15, 0.2) is 0 Å². The van der Waals surface area contributed by atoms with Crippen LogP contribution in [0.15, 0.2) is 60.7 Å². The molecule has 106 valence electrons. The summed E-state index contributed by atoms with van der Waals surface area (Å²) >= 11 is 0. The van der Waals surface area contributed by atoms with Crippen LogP contribution in [0.3, 0.4) is 0 Å². The van der Waals surface area contributed by atoms with E-state index in [1.165, 1.54) is 11.1 Å². The van der Waals surface area contributed by atoms with Gasteiger partial charge >= 0.3 is 0 Å². The maximum atomic E-state index is 3.67. The van der Waals surface area contributed by atoms with Gasteiger partial charge in [-0.05, 0) is 31.6 Å². The highest BCUT2D eigenvalue weighted by Gasteiger charge is 2.11. The van der Waals surface area contributed by atoms with E-state index in [1.54, 1.807) is 0 Å². The van der Waals surface area contributed by atoms with Crippen molar-refractivity contribution in [2.75, 3.05) is 27.2 Å². The number of nitrogens with zero attached hydrogens (tertiary/aromatic N) is 1. The first-order valence-corrected chi connectivity index (χ1v) is 7.22. The minimum absolute atomic E-state index is 0.374. The number of nitrogens with one attached hydrogen (secondary N) is 1. The molecule has 0 amide bonds. The molecule has 0 spiro atoms. The summed E-state index contributed by atoms with van der Waals surface area (Å²) in [6.07, 6.45) is 1.03. The smallest absolute Gasteiger partial charge is 0.0361 e. The van der Waals surface area contributed by atoms with Crippen molar-refractivity contribution in [3.8, 4) is 0 Å². The Morgan fingerprint density at radius 1 is 0.900 bits per heavy atom. The predicted octanol–water partition coefficient (Wildman–Crippen LogP) is 3.12. The molecule has 0 radical (unpaired) electrons. The molecule has 2 aromatic rings. The SMILES string of the molecule is CN(C)CCNC(Cc1ccccc1)c1ccccc1. The number of hydrogen-bond donors (Lipinski definition) is 1. The van der Waals surface area contributed by atoms with Crippen LogP contribution in [-0.2, 0) is 6.42 Å². The quantitative estimate of drug-likeness (QED) is 0.830. The predicted molar refractivity (Wildman–Crippen MR) is 85.9 cm³/mol. The van der Waals surface area contributed by atoms with Gasteiger partial charge in [0.25, 0.3) is 0 Å². The van der Waals surface area contributed by atoms with Crippen LogP contribution in [0.25, 0.3) is 0 Å². The average molecular weight is 268 g/mol. The lowest BCUT2D eigenvalue weighted by molar-refractivity contribution is 0.384. The fourth-order valence-electron chi connectivity index (χ4n) is 2.31. The van der Waals surface area contributed by atoms with E-state index >= 15 is 0 Å². The minimum Gasteiger partial charge on any atom is -0.308 e. The van der Waals surface area contributed by atoms with E-state index in [0.29, 0.717) is 6.04 Å². The summed E-state index contributed by atoms with van der Waals surface area (Å²) in [7, 11) is 4.22. The van der Waals surface area contributed by atoms with Crippen LogP contribution < -0.4 is 5.32 Å². The molecule has 0 bridgehead atoms. The van der Waals surface area contributed by atoms with Crippen molar-refractivity contribution in [2.24, 2.45) is 0 Å². The van der Waals surface area contributed by atoms with Gasteiger partial charge in [-0.1, -0.05) is 60.7 Å². The Morgan fingerprint density at radius 3 is 2.10 bits per heavy atom. The molecule has 0 saturated carbocycles. The Labute approximate surface area is 122 Å². The van der Waals surface area contributed by atoms with Gasteiger partial charge in [0.05, 0.1) is 0 Å². The highest BCUT2D eigenvalue weighted by atomic mass is 15.1. The Kier molecular flexibility index (Phi) is 5.78. The van der Waals surface area contributed by atoms with Crippen LogP contribution in [0.4, 0.5) is 0 Å². The van der Waals surface area contributed by atoms with Gasteiger partial charge in [-0.2, -0.15) is 0 Å². The van der Waals surface area contributed by atoms with Crippen molar-refractivity contribution in [3.63, 3.8) is 0 Å². The van der Waals surface area contributed by atoms with Crippen molar-refractivity contribution < 1.29 is 0 Å². The molecule has 0 aromatic heterocycles. The molecule has 2 aromatic carbocycles. The van der Waals surface area contributed by atoms with E-state index < -0.39 is 0 Å². The molecule has 20 heavy (non-hydrogen) atoms. The third kappa shape index (κ3) is 4.80. The summed E-state index contributed by atoms with van der Waals surface area (Å²) in [4.78, 5) is 2.21. The average Bonchev–Trinajstić information content (AvgIpc) is 2.48. The van der Waals surface area contributed by atoms with Gasteiger partial charge in [-0.3, -0.25) is 0 Å². The van der Waals surface area contributed by atoms with Gasteiger partial charge in [-0.15, -0.1) is 0 Å². The molecule has 1 N–H and O–H groups in total. The number of rotatable bonds is 7. The highest BCUT2D eigenvalue weighted by Crippen LogP contribution is 2.18. The summed E-state index contributed by atoms with van der Waals surface area (Å²) in [5, 5.41) is 3.67. The Balaban J connectivity index is 2.04. The number of hydrogen-bond acceptors (Lipinski definition) is 2. The Bertz CT molecular complexity index is 479. The maximum Gasteiger partial charge on any atom is 0.0361 e. The van der Waals surface area contributed by atoms with Crippen LogP contribution in [0.2, 0.25) is 0 Å². The standard InChI is InChI=1S/C18H24N2/c1-20(2)14-13-19-18(17-11-7-4-8-12-17)15-16-9-5-3-6-10-16/h3-12,18-19H,13-15H2,1-2H3. The zero-order chi connectivity index (χ0) is 14.2. The Hall–Kier alpha value is -1.64. The van der Waals surface area contributed by atoms with E-state index in [0.717, 1.165) is 19.5 Å². The van der Waals surface area contributed by atoms with Gasteiger partial charge in [0.2, 0.25) is 0 Å². The molecule has 0 heterocycles. The molecular weight excluding hydrogens is 244 g/mol. The molecule has 2 nitrogen and oxygen atoms in total. The largest absolute Gasteiger partial charge is 0.308 e. The molecule has 0 aliphatic heterocycles. The summed E-state index contributed by atoms with van der Waals surface area (Å²) in [5.74, 6) is 0. The van der Waals surface area contributed by atoms with Gasteiger partial charge in [-0.25, -0.2) is 0 Å². The lowest BCUT2D eigenvalue weighted by Gasteiger charge is -2.21. The fourth-order valence-corrected chi connectivity index (χ4v) is 2.31. The third-order valence-corrected chi connectivity index (χ3v) is 3.43. The van der Waals surface area contributed by atoms with Crippen LogP contribution in [0.1, 0.15) is 17.2 Å². The lowest BCUT2D eigenvalue weighted by Crippen LogP contribution is -2.30. The monoisotopic (exact) mass is 268 g/mol. The summed E-state index contributed by atoms with van der Waals surface area (Å²) in [5.41, 5.74) is 2.73. The number of likely N-dealkylation sites (N-methyl/N-ethyl adjacent to an activating group) is 1. The zero-order valence-electron chi connectivity index (χ0n) is 12.4. The molecular formula is C18H24N2. The van der Waals surface area contributed by atoms with Crippen molar-refractivity contribution in [2.45, 2.75) is 12.5 Å². The van der Waals surface area contributed by atoms with E-state index in [4.69, 9.17) is 0 Å². The third-order valence-electron chi connectivity index (χ3n) is 3.43.